The van der Waals surface area contributed by atoms with Crippen LogP contribution in [0.3, 0.4) is 0 Å². The van der Waals surface area contributed by atoms with Gasteiger partial charge in [0.15, 0.2) is 5.82 Å². The van der Waals surface area contributed by atoms with Crippen molar-refractivity contribution in [3.8, 4) is 17.1 Å². The normalized spacial score (nSPS) is 10.7. The second-order valence-corrected chi connectivity index (χ2v) is 6.74. The van der Waals surface area contributed by atoms with E-state index >= 15 is 0 Å². The number of aryl methyl sites for hydroxylation is 1. The van der Waals surface area contributed by atoms with Crippen molar-refractivity contribution in [3.63, 3.8) is 0 Å². The summed E-state index contributed by atoms with van der Waals surface area (Å²) in [5, 5.41) is 4.06. The number of carbonyl (C=O) groups excluding carboxylic acids is 1. The van der Waals surface area contributed by atoms with Crippen molar-refractivity contribution in [1.29, 1.82) is 0 Å². The van der Waals surface area contributed by atoms with Crippen molar-refractivity contribution in [1.82, 2.24) is 15.0 Å². The summed E-state index contributed by atoms with van der Waals surface area (Å²) in [6, 6.07) is 14.6. The third-order valence-corrected chi connectivity index (χ3v) is 4.64. The number of para-hydroxylation sites is 1. The lowest BCUT2D eigenvalue weighted by Gasteiger charge is -2.15. The lowest BCUT2D eigenvalue weighted by molar-refractivity contribution is 0.100. The molecular weight excluding hydrogens is 378 g/mol. The van der Waals surface area contributed by atoms with Gasteiger partial charge in [-0.2, -0.15) is 0 Å². The number of carbonyl (C=O) groups is 1. The summed E-state index contributed by atoms with van der Waals surface area (Å²) in [4.78, 5) is 25.6. The van der Waals surface area contributed by atoms with E-state index in [4.69, 9.17) is 20.4 Å². The lowest BCUT2D eigenvalue weighted by atomic mass is 10.1. The molecular formula is C23H21N5O2. The van der Waals surface area contributed by atoms with E-state index in [2.05, 4.69) is 10.3 Å². The van der Waals surface area contributed by atoms with Crippen LogP contribution in [0.15, 0.2) is 60.9 Å². The summed E-state index contributed by atoms with van der Waals surface area (Å²) in [5.74, 6) is 1.29. The van der Waals surface area contributed by atoms with Gasteiger partial charge in [0.25, 0.3) is 5.91 Å². The molecule has 0 bridgehead atoms. The number of pyridine rings is 1. The van der Waals surface area contributed by atoms with Gasteiger partial charge in [-0.1, -0.05) is 12.1 Å². The van der Waals surface area contributed by atoms with Crippen molar-refractivity contribution in [2.45, 2.75) is 13.8 Å². The molecule has 2 aromatic heterocycles. The second kappa shape index (κ2) is 8.16. The molecule has 0 radical (unpaired) electrons. The molecule has 0 saturated heterocycles. The molecule has 30 heavy (non-hydrogen) atoms. The lowest BCUT2D eigenvalue weighted by Crippen LogP contribution is -2.13. The van der Waals surface area contributed by atoms with Gasteiger partial charge in [-0.3, -0.25) is 9.78 Å². The van der Waals surface area contributed by atoms with Crippen LogP contribution in [0, 0.1) is 6.92 Å². The molecule has 3 N–H and O–H groups in total. The first-order valence-corrected chi connectivity index (χ1v) is 9.58. The first kappa shape index (κ1) is 19.3. The molecule has 4 rings (SSSR count). The Balaban J connectivity index is 1.94. The molecule has 0 aliphatic carbocycles. The van der Waals surface area contributed by atoms with Crippen molar-refractivity contribution < 1.29 is 9.53 Å². The third-order valence-electron chi connectivity index (χ3n) is 4.64. The van der Waals surface area contributed by atoms with Crippen LogP contribution in [0.1, 0.15) is 22.8 Å². The molecule has 1 amide bonds. The van der Waals surface area contributed by atoms with E-state index in [9.17, 15) is 4.79 Å². The summed E-state index contributed by atoms with van der Waals surface area (Å²) < 4.78 is 5.71. The number of hydrogen-bond donors (Lipinski definition) is 2. The minimum Gasteiger partial charge on any atom is -0.494 e. The number of anilines is 2. The summed E-state index contributed by atoms with van der Waals surface area (Å²) in [7, 11) is 0. The molecule has 7 nitrogen and oxygen atoms in total. The maximum Gasteiger partial charge on any atom is 0.250 e. The molecule has 0 fully saturated rings. The third kappa shape index (κ3) is 3.77. The predicted molar refractivity (Wildman–Crippen MR) is 117 cm³/mol. The topological polar surface area (TPSA) is 103 Å². The summed E-state index contributed by atoms with van der Waals surface area (Å²) in [6.45, 7) is 4.46. The van der Waals surface area contributed by atoms with E-state index < -0.39 is 5.91 Å². The fourth-order valence-electron chi connectivity index (χ4n) is 3.28. The van der Waals surface area contributed by atoms with E-state index in [-0.39, 0.29) is 0 Å². The quantitative estimate of drug-likeness (QED) is 0.503. The molecule has 4 aromatic rings. The standard InChI is InChI=1S/C23H21N5O2/c1-3-30-16-11-14(2)20-18(12-16)23(26-19-9-5-4-8-17(19)21(24)29)28-22(27-20)15-7-6-10-25-13-15/h4-13H,3H2,1-2H3,(H2,24,29)(H,26,27,28). The molecule has 0 aliphatic rings. The SMILES string of the molecule is CCOc1cc(C)c2nc(-c3cccnc3)nc(Nc3ccccc3C(N)=O)c2c1. The smallest absolute Gasteiger partial charge is 0.250 e. The number of hydrogen-bond acceptors (Lipinski definition) is 6. The van der Waals surface area contributed by atoms with Crippen LogP contribution in [-0.2, 0) is 0 Å². The predicted octanol–water partition coefficient (Wildman–Crippen LogP) is 4.24. The molecule has 2 aromatic carbocycles. The fraction of sp³-hybridized carbons (Fsp3) is 0.130. The van der Waals surface area contributed by atoms with Gasteiger partial charge in [-0.15, -0.1) is 0 Å². The highest BCUT2D eigenvalue weighted by Crippen LogP contribution is 2.33. The van der Waals surface area contributed by atoms with E-state index in [1.807, 2.05) is 44.2 Å². The zero-order valence-electron chi connectivity index (χ0n) is 16.7. The monoisotopic (exact) mass is 399 g/mol. The first-order chi connectivity index (χ1) is 14.6. The summed E-state index contributed by atoms with van der Waals surface area (Å²) >= 11 is 0. The molecule has 7 heteroatoms. The number of primary amides is 1. The number of nitrogens with zero attached hydrogens (tertiary/aromatic N) is 3. The van der Waals surface area contributed by atoms with Crippen LogP contribution in [0.4, 0.5) is 11.5 Å². The first-order valence-electron chi connectivity index (χ1n) is 9.58. The Morgan fingerprint density at radius 1 is 1.13 bits per heavy atom. The average molecular weight is 399 g/mol. The number of nitrogens with one attached hydrogen (secondary N) is 1. The number of benzene rings is 2. The van der Waals surface area contributed by atoms with Gasteiger partial charge in [-0.05, 0) is 55.8 Å². The minimum absolute atomic E-state index is 0.380. The van der Waals surface area contributed by atoms with Gasteiger partial charge in [-0.25, -0.2) is 9.97 Å². The van der Waals surface area contributed by atoms with Gasteiger partial charge >= 0.3 is 0 Å². The van der Waals surface area contributed by atoms with E-state index in [1.165, 1.54) is 0 Å². The van der Waals surface area contributed by atoms with Gasteiger partial charge in [0.05, 0.1) is 23.4 Å². The summed E-state index contributed by atoms with van der Waals surface area (Å²) in [5.41, 5.74) is 9.03. The van der Waals surface area contributed by atoms with Crippen molar-refractivity contribution in [3.05, 3.63) is 72.1 Å². The van der Waals surface area contributed by atoms with Crippen LogP contribution < -0.4 is 15.8 Å². The molecule has 0 spiro atoms. The second-order valence-electron chi connectivity index (χ2n) is 6.74. The van der Waals surface area contributed by atoms with Crippen molar-refractivity contribution >= 4 is 28.3 Å². The molecule has 0 saturated carbocycles. The van der Waals surface area contributed by atoms with Crippen molar-refractivity contribution in [2.24, 2.45) is 5.73 Å². The number of ether oxygens (including phenoxy) is 1. The fourth-order valence-corrected chi connectivity index (χ4v) is 3.28. The Morgan fingerprint density at radius 2 is 1.97 bits per heavy atom. The Labute approximate surface area is 174 Å². The Hall–Kier alpha value is -4.00. The van der Waals surface area contributed by atoms with Crippen LogP contribution in [-0.4, -0.2) is 27.5 Å². The minimum atomic E-state index is -0.518. The molecule has 0 atom stereocenters. The largest absolute Gasteiger partial charge is 0.494 e. The maximum atomic E-state index is 11.9. The van der Waals surface area contributed by atoms with Crippen LogP contribution in [0.2, 0.25) is 0 Å². The molecule has 150 valence electrons. The average Bonchev–Trinajstić information content (AvgIpc) is 2.75. The van der Waals surface area contributed by atoms with Gasteiger partial charge < -0.3 is 15.8 Å². The van der Waals surface area contributed by atoms with Crippen LogP contribution >= 0.6 is 0 Å². The van der Waals surface area contributed by atoms with Gasteiger partial charge in [0.2, 0.25) is 0 Å². The zero-order valence-corrected chi connectivity index (χ0v) is 16.7. The molecule has 2 heterocycles. The van der Waals surface area contributed by atoms with Gasteiger partial charge in [0.1, 0.15) is 11.6 Å². The Morgan fingerprint density at radius 3 is 2.70 bits per heavy atom. The van der Waals surface area contributed by atoms with Crippen LogP contribution in [0.5, 0.6) is 5.75 Å². The van der Waals surface area contributed by atoms with E-state index in [1.54, 1.807) is 30.6 Å². The van der Waals surface area contributed by atoms with E-state index in [0.29, 0.717) is 29.5 Å². The number of amides is 1. The number of aromatic nitrogens is 3. The van der Waals surface area contributed by atoms with E-state index in [0.717, 1.165) is 27.8 Å². The maximum absolute atomic E-state index is 11.9. The Bertz CT molecular complexity index is 1230. The zero-order chi connectivity index (χ0) is 21.1. The molecule has 0 aliphatic heterocycles. The number of rotatable bonds is 6. The van der Waals surface area contributed by atoms with Crippen molar-refractivity contribution in [2.75, 3.05) is 11.9 Å². The highest BCUT2D eigenvalue weighted by Gasteiger charge is 2.15. The van der Waals surface area contributed by atoms with Gasteiger partial charge in [0, 0.05) is 23.3 Å². The summed E-state index contributed by atoms with van der Waals surface area (Å²) in [6.07, 6.45) is 3.42. The molecule has 0 unspecified atom stereocenters. The number of fused-ring (bicyclic) bond motifs is 1. The highest BCUT2D eigenvalue weighted by molar-refractivity contribution is 6.01. The Kier molecular flexibility index (Phi) is 5.26. The number of nitrogens with two attached hydrogens (primary N) is 1. The van der Waals surface area contributed by atoms with Crippen LogP contribution in [0.25, 0.3) is 22.3 Å². The highest BCUT2D eigenvalue weighted by atomic mass is 16.5.